The van der Waals surface area contributed by atoms with Crippen molar-refractivity contribution in [2.24, 2.45) is 0 Å². The lowest BCUT2D eigenvalue weighted by Crippen LogP contribution is -2.25. The van der Waals surface area contributed by atoms with Gasteiger partial charge in [0.05, 0.1) is 0 Å². The highest BCUT2D eigenvalue weighted by atomic mass is 79.9. The number of carbonyl (C=O) groups is 1. The van der Waals surface area contributed by atoms with E-state index in [1.54, 1.807) is 0 Å². The molecule has 0 saturated carbocycles. The highest BCUT2D eigenvalue weighted by Gasteiger charge is 1.93. The molecular weight excluding hydrogens is 205 g/mol. The van der Waals surface area contributed by atoms with Crippen LogP contribution in [0.4, 0.5) is 0 Å². The first-order chi connectivity index (χ1) is 4.31. The number of hydrogen-bond acceptors (Lipinski definition) is 1. The third-order valence-corrected chi connectivity index (χ3v) is 1.56. The molecule has 2 nitrogen and oxygen atoms in total. The molecule has 0 rings (SSSR count). The molecule has 1 N–H and O–H groups in total. The number of nitrogens with one attached hydrogen (secondary N) is 1. The lowest BCUT2D eigenvalue weighted by Gasteiger charge is -1.98. The summed E-state index contributed by atoms with van der Waals surface area (Å²) in [5.74, 6) is -0.0416. The minimum atomic E-state index is -0.0994. The Morgan fingerprint density at radius 3 is 2.78 bits per heavy atom. The predicted octanol–water partition coefficient (Wildman–Crippen LogP) is 1.13. The van der Waals surface area contributed by atoms with Gasteiger partial charge >= 0.3 is 0 Å². The Bertz CT molecular complexity index is 89.0. The van der Waals surface area contributed by atoms with Gasteiger partial charge in [-0.05, 0) is 6.42 Å². The summed E-state index contributed by atoms with van der Waals surface area (Å²) in [7, 11) is 0. The average molecular weight is 214 g/mol. The lowest BCUT2D eigenvalue weighted by molar-refractivity contribution is -0.118. The van der Waals surface area contributed by atoms with Gasteiger partial charge in [0.25, 0.3) is 0 Å². The van der Waals surface area contributed by atoms with Crippen LogP contribution in [0.25, 0.3) is 0 Å². The van der Waals surface area contributed by atoms with Gasteiger partial charge in [-0.25, -0.2) is 0 Å². The maximum Gasteiger partial charge on any atom is 0.234 e. The third kappa shape index (κ3) is 6.12. The van der Waals surface area contributed by atoms with E-state index >= 15 is 0 Å². The molecule has 0 aromatic carbocycles. The van der Waals surface area contributed by atoms with Gasteiger partial charge in [0.1, 0.15) is 5.88 Å². The van der Waals surface area contributed by atoms with E-state index in [0.29, 0.717) is 6.54 Å². The fourth-order valence-electron chi connectivity index (χ4n) is 0.342. The van der Waals surface area contributed by atoms with Gasteiger partial charge in [-0.2, -0.15) is 0 Å². The molecular formula is C5H9BrClNO. The number of rotatable bonds is 4. The second kappa shape index (κ2) is 6.36. The second-order valence-corrected chi connectivity index (χ2v) is 2.59. The first-order valence-electron chi connectivity index (χ1n) is 2.70. The topological polar surface area (TPSA) is 29.1 Å². The van der Waals surface area contributed by atoms with Gasteiger partial charge in [-0.1, -0.05) is 15.9 Å². The van der Waals surface area contributed by atoms with Crippen LogP contribution in [0.5, 0.6) is 0 Å². The summed E-state index contributed by atoms with van der Waals surface area (Å²) in [6.07, 6.45) is 0.947. The van der Waals surface area contributed by atoms with E-state index < -0.39 is 0 Å². The van der Waals surface area contributed by atoms with E-state index in [9.17, 15) is 4.79 Å². The molecule has 9 heavy (non-hydrogen) atoms. The van der Waals surface area contributed by atoms with Crippen LogP contribution in [0.2, 0.25) is 0 Å². The monoisotopic (exact) mass is 213 g/mol. The second-order valence-electron chi connectivity index (χ2n) is 1.53. The highest BCUT2D eigenvalue weighted by Crippen LogP contribution is 1.84. The Kier molecular flexibility index (Phi) is 6.53. The fourth-order valence-corrected chi connectivity index (χ4v) is 0.717. The van der Waals surface area contributed by atoms with Crippen LogP contribution in [0.3, 0.4) is 0 Å². The van der Waals surface area contributed by atoms with Crippen molar-refractivity contribution in [2.75, 3.05) is 17.8 Å². The number of alkyl halides is 2. The molecule has 0 radical (unpaired) electrons. The summed E-state index contributed by atoms with van der Waals surface area (Å²) < 4.78 is 0. The molecule has 0 aliphatic rings. The van der Waals surface area contributed by atoms with Gasteiger partial charge < -0.3 is 5.32 Å². The molecule has 0 saturated heterocycles. The first kappa shape index (κ1) is 9.24. The van der Waals surface area contributed by atoms with Crippen LogP contribution in [-0.2, 0) is 4.79 Å². The molecule has 1 amide bonds. The van der Waals surface area contributed by atoms with Crippen molar-refractivity contribution in [1.29, 1.82) is 0 Å². The van der Waals surface area contributed by atoms with E-state index in [1.807, 2.05) is 0 Å². The van der Waals surface area contributed by atoms with Crippen LogP contribution in [-0.4, -0.2) is 23.7 Å². The Morgan fingerprint density at radius 1 is 1.67 bits per heavy atom. The summed E-state index contributed by atoms with van der Waals surface area (Å²) >= 11 is 8.44. The Morgan fingerprint density at radius 2 is 2.33 bits per heavy atom. The van der Waals surface area contributed by atoms with E-state index in [-0.39, 0.29) is 11.8 Å². The molecule has 0 fully saturated rings. The summed E-state index contributed by atoms with van der Waals surface area (Å²) in [5.41, 5.74) is 0. The third-order valence-electron chi connectivity index (χ3n) is 0.754. The average Bonchev–Trinajstić information content (AvgIpc) is 1.89. The Hall–Kier alpha value is 0.240. The summed E-state index contributed by atoms with van der Waals surface area (Å²) in [6, 6.07) is 0. The SMILES string of the molecule is O=C(CCl)NCCCBr. The van der Waals surface area contributed by atoms with Crippen molar-refractivity contribution >= 4 is 33.4 Å². The maximum atomic E-state index is 10.4. The normalized spacial score (nSPS) is 9.11. The summed E-state index contributed by atoms with van der Waals surface area (Å²) in [4.78, 5) is 10.4. The van der Waals surface area contributed by atoms with E-state index in [0.717, 1.165) is 11.8 Å². The molecule has 54 valence electrons. The molecule has 0 atom stereocenters. The zero-order valence-electron chi connectivity index (χ0n) is 4.99. The van der Waals surface area contributed by atoms with Crippen LogP contribution < -0.4 is 5.32 Å². The highest BCUT2D eigenvalue weighted by molar-refractivity contribution is 9.09. The molecule has 0 unspecified atom stereocenters. The van der Waals surface area contributed by atoms with E-state index in [2.05, 4.69) is 21.2 Å². The van der Waals surface area contributed by atoms with Gasteiger partial charge in [0.15, 0.2) is 0 Å². The van der Waals surface area contributed by atoms with Crippen molar-refractivity contribution in [3.63, 3.8) is 0 Å². The maximum absolute atomic E-state index is 10.4. The number of amides is 1. The molecule has 0 aliphatic carbocycles. The zero-order valence-corrected chi connectivity index (χ0v) is 7.33. The van der Waals surface area contributed by atoms with Crippen LogP contribution in [0, 0.1) is 0 Å². The molecule has 0 spiro atoms. The van der Waals surface area contributed by atoms with Crippen molar-refractivity contribution in [1.82, 2.24) is 5.32 Å². The minimum absolute atomic E-state index is 0.0578. The smallest absolute Gasteiger partial charge is 0.234 e. The molecule has 0 heterocycles. The number of carbonyl (C=O) groups excluding carboxylic acids is 1. The quantitative estimate of drug-likeness (QED) is 0.552. The van der Waals surface area contributed by atoms with Crippen molar-refractivity contribution in [2.45, 2.75) is 6.42 Å². The molecule has 4 heteroatoms. The summed E-state index contributed by atoms with van der Waals surface area (Å²) in [6.45, 7) is 0.705. The van der Waals surface area contributed by atoms with Crippen molar-refractivity contribution in [3.8, 4) is 0 Å². The van der Waals surface area contributed by atoms with E-state index in [4.69, 9.17) is 11.6 Å². The van der Waals surface area contributed by atoms with Crippen LogP contribution in [0.1, 0.15) is 6.42 Å². The van der Waals surface area contributed by atoms with Crippen LogP contribution in [0.15, 0.2) is 0 Å². The molecule has 0 aliphatic heterocycles. The Labute approximate surface area is 68.1 Å². The Balaban J connectivity index is 2.97. The predicted molar refractivity (Wildman–Crippen MR) is 42.1 cm³/mol. The zero-order chi connectivity index (χ0) is 7.11. The first-order valence-corrected chi connectivity index (χ1v) is 4.35. The molecule has 0 aromatic heterocycles. The minimum Gasteiger partial charge on any atom is -0.355 e. The largest absolute Gasteiger partial charge is 0.355 e. The summed E-state index contributed by atoms with van der Waals surface area (Å²) in [5, 5.41) is 3.54. The number of halogens is 2. The van der Waals surface area contributed by atoms with Crippen molar-refractivity contribution < 1.29 is 4.79 Å². The van der Waals surface area contributed by atoms with Gasteiger partial charge in [-0.15, -0.1) is 11.6 Å². The standard InChI is InChI=1S/C5H9BrClNO/c6-2-1-3-8-5(9)4-7/h1-4H2,(H,8,9). The van der Waals surface area contributed by atoms with E-state index in [1.165, 1.54) is 0 Å². The van der Waals surface area contributed by atoms with Crippen LogP contribution >= 0.6 is 27.5 Å². The van der Waals surface area contributed by atoms with Gasteiger partial charge in [0.2, 0.25) is 5.91 Å². The fraction of sp³-hybridized carbons (Fsp3) is 0.800. The number of hydrogen-bond donors (Lipinski definition) is 1. The molecule has 0 bridgehead atoms. The lowest BCUT2D eigenvalue weighted by atomic mass is 10.5. The molecule has 0 aromatic rings. The van der Waals surface area contributed by atoms with Gasteiger partial charge in [0, 0.05) is 11.9 Å². The van der Waals surface area contributed by atoms with Crippen molar-refractivity contribution in [3.05, 3.63) is 0 Å². The van der Waals surface area contributed by atoms with Gasteiger partial charge in [-0.3, -0.25) is 4.79 Å².